The summed E-state index contributed by atoms with van der Waals surface area (Å²) in [5, 5.41) is 5.54. The van der Waals surface area contributed by atoms with Crippen molar-refractivity contribution >= 4 is 27.4 Å². The minimum Gasteiger partial charge on any atom is -0.335 e. The van der Waals surface area contributed by atoms with Crippen LogP contribution in [0.25, 0.3) is 0 Å². The predicted molar refractivity (Wildman–Crippen MR) is 108 cm³/mol. The Morgan fingerprint density at radius 3 is 2.23 bits per heavy atom. The predicted octanol–water partition coefficient (Wildman–Crippen LogP) is 4.96. The second kappa shape index (κ2) is 8.95. The normalized spacial score (nSPS) is 15.4. The highest BCUT2D eigenvalue weighted by atomic mass is 32.2. The molecule has 0 heterocycles. The van der Waals surface area contributed by atoms with Gasteiger partial charge in [0.1, 0.15) is 0 Å². The van der Waals surface area contributed by atoms with Crippen molar-refractivity contribution in [2.45, 2.75) is 49.2 Å². The Balaban J connectivity index is 1.64. The number of sulfonamides is 1. The van der Waals surface area contributed by atoms with Gasteiger partial charge in [-0.2, -0.15) is 13.2 Å². The first kappa shape index (κ1) is 21.9. The summed E-state index contributed by atoms with van der Waals surface area (Å²) in [6, 6.07) is 9.09. The second-order valence-corrected chi connectivity index (χ2v) is 8.82. The lowest BCUT2D eigenvalue weighted by Gasteiger charge is -2.22. The van der Waals surface area contributed by atoms with Gasteiger partial charge in [0.15, 0.2) is 0 Å². The van der Waals surface area contributed by atoms with Crippen molar-refractivity contribution in [3.05, 3.63) is 54.1 Å². The van der Waals surface area contributed by atoms with Gasteiger partial charge in [0.2, 0.25) is 0 Å². The SMILES string of the molecule is O=C(Nc1ccc(S(=O)(=O)Nc2cccc(C(F)(F)F)c2)cc1)NC1CCCCC1. The van der Waals surface area contributed by atoms with Gasteiger partial charge in [0, 0.05) is 17.4 Å². The Morgan fingerprint density at radius 2 is 1.60 bits per heavy atom. The Kier molecular flexibility index (Phi) is 6.55. The molecule has 30 heavy (non-hydrogen) atoms. The minimum atomic E-state index is -4.58. The highest BCUT2D eigenvalue weighted by Crippen LogP contribution is 2.31. The monoisotopic (exact) mass is 441 g/mol. The van der Waals surface area contributed by atoms with E-state index in [1.54, 1.807) is 0 Å². The van der Waals surface area contributed by atoms with Crippen molar-refractivity contribution < 1.29 is 26.4 Å². The summed E-state index contributed by atoms with van der Waals surface area (Å²) in [6.45, 7) is 0. The number of hydrogen-bond acceptors (Lipinski definition) is 3. The third-order valence-electron chi connectivity index (χ3n) is 4.80. The Labute approximate surface area is 172 Å². The molecule has 1 aliphatic rings. The quantitative estimate of drug-likeness (QED) is 0.613. The summed E-state index contributed by atoms with van der Waals surface area (Å²) < 4.78 is 65.5. The van der Waals surface area contributed by atoms with Crippen LogP contribution < -0.4 is 15.4 Å². The highest BCUT2D eigenvalue weighted by molar-refractivity contribution is 7.92. The molecule has 0 aliphatic heterocycles. The average molecular weight is 441 g/mol. The van der Waals surface area contributed by atoms with E-state index in [2.05, 4.69) is 15.4 Å². The first-order valence-corrected chi connectivity index (χ1v) is 11.0. The van der Waals surface area contributed by atoms with Gasteiger partial charge in [0.05, 0.1) is 10.5 Å². The zero-order valence-electron chi connectivity index (χ0n) is 16.0. The molecule has 2 aromatic rings. The number of nitrogens with one attached hydrogen (secondary N) is 3. The van der Waals surface area contributed by atoms with Crippen LogP contribution in [0.4, 0.5) is 29.3 Å². The molecule has 2 aromatic carbocycles. The number of anilines is 2. The fourth-order valence-corrected chi connectivity index (χ4v) is 4.34. The number of halogens is 3. The Hall–Kier alpha value is -2.75. The average Bonchev–Trinajstić information content (AvgIpc) is 2.68. The zero-order valence-corrected chi connectivity index (χ0v) is 16.8. The third kappa shape index (κ3) is 5.88. The molecule has 1 aliphatic carbocycles. The van der Waals surface area contributed by atoms with Crippen LogP contribution in [0.2, 0.25) is 0 Å². The van der Waals surface area contributed by atoms with Crippen molar-refractivity contribution in [2.75, 3.05) is 10.0 Å². The largest absolute Gasteiger partial charge is 0.416 e. The number of hydrogen-bond donors (Lipinski definition) is 3. The van der Waals surface area contributed by atoms with E-state index in [-0.39, 0.29) is 22.7 Å². The lowest BCUT2D eigenvalue weighted by Crippen LogP contribution is -2.39. The van der Waals surface area contributed by atoms with Crippen molar-refractivity contribution in [1.82, 2.24) is 5.32 Å². The molecule has 0 unspecified atom stereocenters. The number of alkyl halides is 3. The Bertz CT molecular complexity index is 986. The molecule has 162 valence electrons. The lowest BCUT2D eigenvalue weighted by atomic mass is 9.96. The van der Waals surface area contributed by atoms with Crippen LogP contribution in [0.1, 0.15) is 37.7 Å². The van der Waals surface area contributed by atoms with Gasteiger partial charge in [-0.25, -0.2) is 13.2 Å². The summed E-state index contributed by atoms with van der Waals surface area (Å²) in [4.78, 5) is 11.9. The van der Waals surface area contributed by atoms with E-state index in [1.165, 1.54) is 36.8 Å². The van der Waals surface area contributed by atoms with Crippen LogP contribution in [-0.2, 0) is 16.2 Å². The molecule has 0 spiro atoms. The maximum Gasteiger partial charge on any atom is 0.416 e. The fourth-order valence-electron chi connectivity index (χ4n) is 3.29. The smallest absolute Gasteiger partial charge is 0.335 e. The molecule has 3 rings (SSSR count). The van der Waals surface area contributed by atoms with Crippen molar-refractivity contribution in [3.8, 4) is 0 Å². The summed E-state index contributed by atoms with van der Waals surface area (Å²) in [5.74, 6) is 0. The van der Waals surface area contributed by atoms with Crippen LogP contribution in [0.15, 0.2) is 53.4 Å². The van der Waals surface area contributed by atoms with Crippen LogP contribution in [-0.4, -0.2) is 20.5 Å². The van der Waals surface area contributed by atoms with E-state index in [0.717, 1.165) is 43.9 Å². The number of carbonyl (C=O) groups is 1. The summed E-state index contributed by atoms with van der Waals surface area (Å²) in [7, 11) is -4.09. The number of amides is 2. The standard InChI is InChI=1S/C20H22F3N3O3S/c21-20(22,23)14-5-4-8-17(13-14)26-30(28,29)18-11-9-16(10-12-18)25-19(27)24-15-6-2-1-3-7-15/h4-5,8-13,15,26H,1-3,6-7H2,(H2,24,25,27). The maximum atomic E-state index is 12.8. The number of rotatable bonds is 5. The second-order valence-electron chi connectivity index (χ2n) is 7.14. The van der Waals surface area contributed by atoms with Crippen LogP contribution in [0.3, 0.4) is 0 Å². The number of benzene rings is 2. The number of urea groups is 1. The van der Waals surface area contributed by atoms with Gasteiger partial charge in [0.25, 0.3) is 10.0 Å². The van der Waals surface area contributed by atoms with Crippen molar-refractivity contribution in [3.63, 3.8) is 0 Å². The number of carbonyl (C=O) groups excluding carboxylic acids is 1. The van der Waals surface area contributed by atoms with Gasteiger partial charge in [-0.05, 0) is 55.3 Å². The van der Waals surface area contributed by atoms with Crippen molar-refractivity contribution in [1.29, 1.82) is 0 Å². The minimum absolute atomic E-state index is 0.134. The summed E-state index contributed by atoms with van der Waals surface area (Å²) in [5.41, 5.74) is -0.744. The molecule has 0 atom stereocenters. The van der Waals surface area contributed by atoms with E-state index >= 15 is 0 Å². The molecule has 0 radical (unpaired) electrons. The summed E-state index contributed by atoms with van der Waals surface area (Å²) >= 11 is 0. The molecule has 0 saturated heterocycles. The molecule has 10 heteroatoms. The maximum absolute atomic E-state index is 12.8. The van der Waals surface area contributed by atoms with Gasteiger partial charge in [-0.15, -0.1) is 0 Å². The molecule has 1 fully saturated rings. The highest BCUT2D eigenvalue weighted by Gasteiger charge is 2.30. The first-order valence-electron chi connectivity index (χ1n) is 9.51. The first-order chi connectivity index (χ1) is 14.1. The van der Waals surface area contributed by atoms with Crippen molar-refractivity contribution in [2.24, 2.45) is 0 Å². The topological polar surface area (TPSA) is 87.3 Å². The van der Waals surface area contributed by atoms with Gasteiger partial charge < -0.3 is 10.6 Å². The van der Waals surface area contributed by atoms with Gasteiger partial charge >= 0.3 is 12.2 Å². The Morgan fingerprint density at radius 1 is 0.933 bits per heavy atom. The molecule has 0 bridgehead atoms. The van der Waals surface area contributed by atoms with Gasteiger partial charge in [-0.1, -0.05) is 25.3 Å². The van der Waals surface area contributed by atoms with E-state index in [0.29, 0.717) is 5.69 Å². The van der Waals surface area contributed by atoms with Crippen LogP contribution >= 0.6 is 0 Å². The van der Waals surface area contributed by atoms with Crippen LogP contribution in [0, 0.1) is 0 Å². The molecule has 2 amide bonds. The van der Waals surface area contributed by atoms with Crippen LogP contribution in [0.5, 0.6) is 0 Å². The fraction of sp³-hybridized carbons (Fsp3) is 0.350. The van der Waals surface area contributed by atoms with E-state index in [4.69, 9.17) is 0 Å². The molecule has 1 saturated carbocycles. The van der Waals surface area contributed by atoms with E-state index in [9.17, 15) is 26.4 Å². The third-order valence-corrected chi connectivity index (χ3v) is 6.20. The lowest BCUT2D eigenvalue weighted by molar-refractivity contribution is -0.137. The molecule has 3 N–H and O–H groups in total. The van der Waals surface area contributed by atoms with Gasteiger partial charge in [-0.3, -0.25) is 4.72 Å². The van der Waals surface area contributed by atoms with E-state index < -0.39 is 21.8 Å². The zero-order chi connectivity index (χ0) is 21.8. The molecule has 6 nitrogen and oxygen atoms in total. The molecular formula is C20H22F3N3O3S. The summed E-state index contributed by atoms with van der Waals surface area (Å²) in [6.07, 6.45) is 0.627. The molecular weight excluding hydrogens is 419 g/mol. The van der Waals surface area contributed by atoms with E-state index in [1.807, 2.05) is 0 Å². The molecule has 0 aromatic heterocycles.